The van der Waals surface area contributed by atoms with Crippen LogP contribution in [-0.2, 0) is 5.16 Å². The largest absolute Gasteiger partial charge is 0.508 e. The van der Waals surface area contributed by atoms with Crippen LogP contribution in [0.4, 0.5) is 0 Å². The summed E-state index contributed by atoms with van der Waals surface area (Å²) in [7, 11) is 2.77. The lowest BCUT2D eigenvalue weighted by Crippen LogP contribution is -2.15. The summed E-state index contributed by atoms with van der Waals surface area (Å²) in [6, 6.07) is 14.0. The Hall–Kier alpha value is -1.79. The number of phenols is 2. The van der Waals surface area contributed by atoms with Crippen LogP contribution in [0.2, 0.25) is 0 Å². The van der Waals surface area contributed by atoms with Crippen molar-refractivity contribution in [3.63, 3.8) is 0 Å². The normalized spacial score (nSPS) is 11.2. The third-order valence-corrected chi connectivity index (χ3v) is 3.91. The lowest BCUT2D eigenvalue weighted by Gasteiger charge is -2.27. The van der Waals surface area contributed by atoms with E-state index in [0.717, 1.165) is 11.1 Å². The molecule has 0 aromatic heterocycles. The van der Waals surface area contributed by atoms with Gasteiger partial charge in [0.25, 0.3) is 0 Å². The maximum absolute atomic E-state index is 9.34. The van der Waals surface area contributed by atoms with E-state index in [1.807, 2.05) is 30.3 Å². The molecular formula is C15H15O2P. The minimum absolute atomic E-state index is 0.237. The molecule has 2 rings (SSSR count). The van der Waals surface area contributed by atoms with Crippen LogP contribution in [0.5, 0.6) is 11.5 Å². The van der Waals surface area contributed by atoms with Gasteiger partial charge in [0.15, 0.2) is 0 Å². The minimum Gasteiger partial charge on any atom is -0.508 e. The van der Waals surface area contributed by atoms with Crippen molar-refractivity contribution in [2.24, 2.45) is 0 Å². The van der Waals surface area contributed by atoms with E-state index in [4.69, 9.17) is 0 Å². The van der Waals surface area contributed by atoms with E-state index in [1.165, 1.54) is 0 Å². The number of allylic oxidation sites excluding steroid dienone is 1. The summed E-state index contributed by atoms with van der Waals surface area (Å²) in [4.78, 5) is 0. The quantitative estimate of drug-likeness (QED) is 0.654. The first-order chi connectivity index (χ1) is 8.56. The van der Waals surface area contributed by atoms with Crippen molar-refractivity contribution in [1.29, 1.82) is 0 Å². The van der Waals surface area contributed by atoms with Crippen LogP contribution in [-0.4, -0.2) is 10.2 Å². The molecule has 1 unspecified atom stereocenters. The zero-order valence-corrected chi connectivity index (χ0v) is 11.0. The first kappa shape index (κ1) is 12.7. The molecule has 0 radical (unpaired) electrons. The lowest BCUT2D eigenvalue weighted by molar-refractivity contribution is 0.475. The molecular weight excluding hydrogens is 243 g/mol. The molecule has 2 N–H and O–H groups in total. The van der Waals surface area contributed by atoms with Crippen LogP contribution in [0.3, 0.4) is 0 Å². The zero-order valence-electron chi connectivity index (χ0n) is 9.88. The van der Waals surface area contributed by atoms with Crippen molar-refractivity contribution >= 4 is 9.24 Å². The van der Waals surface area contributed by atoms with Crippen LogP contribution >= 0.6 is 9.24 Å². The van der Waals surface area contributed by atoms with Gasteiger partial charge in [0.2, 0.25) is 0 Å². The molecule has 2 nitrogen and oxygen atoms in total. The summed E-state index contributed by atoms with van der Waals surface area (Å²) >= 11 is 0. The molecule has 0 saturated carbocycles. The summed E-state index contributed by atoms with van der Waals surface area (Å²) in [5.74, 6) is 0.474. The van der Waals surface area contributed by atoms with Crippen LogP contribution in [0.1, 0.15) is 11.1 Å². The average molecular weight is 258 g/mol. The fraction of sp³-hybridized carbons (Fsp3) is 0.0667. The maximum Gasteiger partial charge on any atom is 0.115 e. The van der Waals surface area contributed by atoms with E-state index in [0.29, 0.717) is 0 Å². The van der Waals surface area contributed by atoms with E-state index in [2.05, 4.69) is 15.8 Å². The van der Waals surface area contributed by atoms with Crippen LogP contribution in [0, 0.1) is 0 Å². The predicted molar refractivity (Wildman–Crippen MR) is 76.9 cm³/mol. The number of phenolic OH excluding ortho intramolecular Hbond substituents is 2. The van der Waals surface area contributed by atoms with Crippen molar-refractivity contribution in [3.05, 3.63) is 72.3 Å². The second-order valence-electron chi connectivity index (χ2n) is 4.17. The molecule has 1 atom stereocenters. The molecule has 0 spiro atoms. The fourth-order valence-electron chi connectivity index (χ4n) is 1.88. The first-order valence-electron chi connectivity index (χ1n) is 5.58. The Kier molecular flexibility index (Phi) is 3.40. The number of benzene rings is 2. The van der Waals surface area contributed by atoms with E-state index in [1.54, 1.807) is 24.3 Å². The van der Waals surface area contributed by atoms with Gasteiger partial charge < -0.3 is 10.2 Å². The molecule has 3 heteroatoms. The Morgan fingerprint density at radius 3 is 1.44 bits per heavy atom. The van der Waals surface area contributed by atoms with Gasteiger partial charge in [-0.25, -0.2) is 0 Å². The fourth-order valence-corrected chi connectivity index (χ4v) is 2.26. The van der Waals surface area contributed by atoms with Gasteiger partial charge in [0.1, 0.15) is 11.5 Å². The van der Waals surface area contributed by atoms with E-state index < -0.39 is 5.16 Å². The second kappa shape index (κ2) is 4.83. The Balaban J connectivity index is 2.50. The lowest BCUT2D eigenvalue weighted by atomic mass is 9.90. The smallest absolute Gasteiger partial charge is 0.115 e. The summed E-state index contributed by atoms with van der Waals surface area (Å²) in [6.45, 7) is 3.88. The molecule has 0 aliphatic carbocycles. The van der Waals surface area contributed by atoms with Crippen molar-refractivity contribution in [2.45, 2.75) is 5.16 Å². The molecule has 92 valence electrons. The Labute approximate surface area is 109 Å². The summed E-state index contributed by atoms with van der Waals surface area (Å²) in [5, 5.41) is 18.2. The monoisotopic (exact) mass is 258 g/mol. The summed E-state index contributed by atoms with van der Waals surface area (Å²) < 4.78 is 0. The van der Waals surface area contributed by atoms with Gasteiger partial charge in [-0.1, -0.05) is 30.3 Å². The van der Waals surface area contributed by atoms with Crippen molar-refractivity contribution in [2.75, 3.05) is 0 Å². The highest BCUT2D eigenvalue weighted by Crippen LogP contribution is 2.40. The van der Waals surface area contributed by atoms with E-state index in [9.17, 15) is 10.2 Å². The van der Waals surface area contributed by atoms with E-state index >= 15 is 0 Å². The highest BCUT2D eigenvalue weighted by molar-refractivity contribution is 7.19. The average Bonchev–Trinajstić information content (AvgIpc) is 2.39. The second-order valence-corrected chi connectivity index (χ2v) is 5.08. The summed E-state index contributed by atoms with van der Waals surface area (Å²) in [6.07, 6.45) is 1.83. The van der Waals surface area contributed by atoms with Gasteiger partial charge in [-0.3, -0.25) is 0 Å². The molecule has 0 fully saturated rings. The molecule has 2 aromatic carbocycles. The van der Waals surface area contributed by atoms with Gasteiger partial charge in [0, 0.05) is 0 Å². The van der Waals surface area contributed by atoms with Crippen molar-refractivity contribution < 1.29 is 10.2 Å². The molecule has 0 heterocycles. The van der Waals surface area contributed by atoms with Crippen LogP contribution in [0.25, 0.3) is 0 Å². The topological polar surface area (TPSA) is 40.5 Å². The molecule has 0 aliphatic rings. The van der Waals surface area contributed by atoms with Gasteiger partial charge in [-0.05, 0) is 35.4 Å². The van der Waals surface area contributed by atoms with Crippen molar-refractivity contribution in [3.8, 4) is 11.5 Å². The Morgan fingerprint density at radius 1 is 0.833 bits per heavy atom. The Bertz CT molecular complexity index is 498. The molecule has 0 bridgehead atoms. The van der Waals surface area contributed by atoms with Crippen molar-refractivity contribution in [1.82, 2.24) is 0 Å². The van der Waals surface area contributed by atoms with Gasteiger partial charge in [-0.15, -0.1) is 15.8 Å². The third-order valence-electron chi connectivity index (χ3n) is 3.01. The van der Waals surface area contributed by atoms with Crippen LogP contribution in [0.15, 0.2) is 61.2 Å². The standard InChI is InChI=1S/C15H15O2P/c1-2-15(18,11-3-7-13(16)8-4-11)12-5-9-14(17)10-6-12/h2-10,16-17H,1,18H2. The van der Waals surface area contributed by atoms with Crippen LogP contribution < -0.4 is 0 Å². The number of rotatable bonds is 3. The van der Waals surface area contributed by atoms with Gasteiger partial charge >= 0.3 is 0 Å². The minimum atomic E-state index is -0.429. The first-order valence-corrected chi connectivity index (χ1v) is 6.15. The molecule has 0 saturated heterocycles. The Morgan fingerprint density at radius 2 is 1.17 bits per heavy atom. The molecule has 0 aliphatic heterocycles. The third kappa shape index (κ3) is 2.25. The molecule has 18 heavy (non-hydrogen) atoms. The molecule has 2 aromatic rings. The molecule has 0 amide bonds. The predicted octanol–water partition coefficient (Wildman–Crippen LogP) is 3.40. The number of aromatic hydroxyl groups is 2. The van der Waals surface area contributed by atoms with E-state index in [-0.39, 0.29) is 11.5 Å². The number of hydrogen-bond acceptors (Lipinski definition) is 2. The SMILES string of the molecule is C=CC(P)(c1ccc(O)cc1)c1ccc(O)cc1. The zero-order chi connectivity index (χ0) is 13.2. The summed E-state index contributed by atoms with van der Waals surface area (Å²) in [5.41, 5.74) is 2.01. The number of hydrogen-bond donors (Lipinski definition) is 2. The maximum atomic E-state index is 9.34. The highest BCUT2D eigenvalue weighted by Gasteiger charge is 2.25. The highest BCUT2D eigenvalue weighted by atomic mass is 31.0. The van der Waals surface area contributed by atoms with Gasteiger partial charge in [0.05, 0.1) is 5.16 Å². The van der Waals surface area contributed by atoms with Gasteiger partial charge in [-0.2, -0.15) is 0 Å².